The van der Waals surface area contributed by atoms with Gasteiger partial charge in [-0.2, -0.15) is 0 Å². The highest BCUT2D eigenvalue weighted by Crippen LogP contribution is 2.44. The third-order valence-corrected chi connectivity index (χ3v) is 6.88. The van der Waals surface area contributed by atoms with E-state index in [9.17, 15) is 23.2 Å². The van der Waals surface area contributed by atoms with Crippen LogP contribution in [0, 0.1) is 11.8 Å². The highest BCUT2D eigenvalue weighted by Gasteiger charge is 2.36. The molecule has 0 spiro atoms. The zero-order valence-electron chi connectivity index (χ0n) is 19.1. The second kappa shape index (κ2) is 10.8. The average Bonchev–Trinajstić information content (AvgIpc) is 3.43. The molecule has 1 fully saturated rings. The Morgan fingerprint density at radius 3 is 2.23 bits per heavy atom. The molecule has 0 heterocycles. The molecule has 35 heavy (non-hydrogen) atoms. The largest absolute Gasteiger partial charge is 0.480 e. The molecule has 1 saturated carbocycles. The van der Waals surface area contributed by atoms with Crippen LogP contribution in [0.15, 0.2) is 48.5 Å². The smallest absolute Gasteiger partial charge is 0.407 e. The molecule has 3 atom stereocenters. The number of carboxylic acid groups (broad SMARTS) is 1. The lowest BCUT2D eigenvalue weighted by Gasteiger charge is -2.22. The number of ether oxygens (including phenoxy) is 1. The number of hydrogen-bond acceptors (Lipinski definition) is 4. The van der Waals surface area contributed by atoms with Crippen LogP contribution in [0.3, 0.4) is 0 Å². The van der Waals surface area contributed by atoms with E-state index in [1.165, 1.54) is 0 Å². The fourth-order valence-corrected chi connectivity index (χ4v) is 5.17. The number of benzene rings is 2. The maximum Gasteiger partial charge on any atom is 0.407 e. The van der Waals surface area contributed by atoms with Crippen LogP contribution in [0.4, 0.5) is 13.6 Å². The fourth-order valence-electron chi connectivity index (χ4n) is 5.17. The van der Waals surface area contributed by atoms with Gasteiger partial charge in [0.1, 0.15) is 12.6 Å². The molecule has 2 aliphatic carbocycles. The van der Waals surface area contributed by atoms with Crippen LogP contribution in [0.2, 0.25) is 0 Å². The Balaban J connectivity index is 1.30. The lowest BCUT2D eigenvalue weighted by atomic mass is 9.94. The van der Waals surface area contributed by atoms with E-state index < -0.39 is 42.8 Å². The first-order chi connectivity index (χ1) is 16.8. The molecule has 2 aromatic carbocycles. The molecule has 1 unspecified atom stereocenters. The van der Waals surface area contributed by atoms with Crippen LogP contribution in [-0.4, -0.2) is 48.7 Å². The zero-order valence-corrected chi connectivity index (χ0v) is 19.1. The van der Waals surface area contributed by atoms with Crippen LogP contribution in [0.25, 0.3) is 11.1 Å². The molecule has 0 saturated heterocycles. The second-order valence-corrected chi connectivity index (χ2v) is 9.03. The standard InChI is InChI=1S/C26H28F2N2O5/c27-23(28)12-22(25(32)33)30-24(31)16-11-5-6-15(16)13-29-26(34)35-14-21-19-9-3-1-7-17(19)18-8-2-4-10-20(18)21/h1-4,7-10,15-16,21-23H,5-6,11-14H2,(H,29,34)(H,30,31)(H,32,33)/t15-,16-,22?/m1/s1. The highest BCUT2D eigenvalue weighted by molar-refractivity contribution is 5.85. The van der Waals surface area contributed by atoms with Crippen molar-refractivity contribution in [2.24, 2.45) is 11.8 Å². The third kappa shape index (κ3) is 5.61. The topological polar surface area (TPSA) is 105 Å². The Bertz CT molecular complexity index is 1050. The predicted molar refractivity (Wildman–Crippen MR) is 124 cm³/mol. The van der Waals surface area contributed by atoms with Crippen molar-refractivity contribution in [3.8, 4) is 11.1 Å². The quantitative estimate of drug-likeness (QED) is 0.494. The van der Waals surface area contributed by atoms with Gasteiger partial charge in [0.15, 0.2) is 0 Å². The molecule has 2 aliphatic rings. The molecule has 186 valence electrons. The van der Waals surface area contributed by atoms with Gasteiger partial charge in [-0.1, -0.05) is 55.0 Å². The summed E-state index contributed by atoms with van der Waals surface area (Å²) in [6, 6.07) is 14.4. The molecule has 0 radical (unpaired) electrons. The number of rotatable bonds is 9. The number of carbonyl (C=O) groups is 3. The van der Waals surface area contributed by atoms with E-state index in [1.54, 1.807) is 0 Å². The minimum absolute atomic E-state index is 0.0686. The molecular formula is C26H28F2N2O5. The fraction of sp³-hybridized carbons (Fsp3) is 0.423. The Hall–Kier alpha value is -3.49. The van der Waals surface area contributed by atoms with Crippen LogP contribution in [-0.2, 0) is 14.3 Å². The molecule has 9 heteroatoms. The number of nitrogens with one attached hydrogen (secondary N) is 2. The predicted octanol–water partition coefficient (Wildman–Crippen LogP) is 4.17. The van der Waals surface area contributed by atoms with Gasteiger partial charge >= 0.3 is 12.1 Å². The Morgan fingerprint density at radius 2 is 1.63 bits per heavy atom. The number of hydrogen-bond donors (Lipinski definition) is 3. The normalized spacial score (nSPS) is 19.6. The first kappa shape index (κ1) is 24.6. The summed E-state index contributed by atoms with van der Waals surface area (Å²) in [5, 5.41) is 14.0. The van der Waals surface area contributed by atoms with Crippen LogP contribution < -0.4 is 10.6 Å². The second-order valence-electron chi connectivity index (χ2n) is 9.03. The number of fused-ring (bicyclic) bond motifs is 3. The van der Waals surface area contributed by atoms with E-state index in [1.807, 2.05) is 36.4 Å². The minimum atomic E-state index is -2.84. The van der Waals surface area contributed by atoms with E-state index >= 15 is 0 Å². The van der Waals surface area contributed by atoms with Crippen molar-refractivity contribution in [2.45, 2.75) is 44.1 Å². The van der Waals surface area contributed by atoms with Gasteiger partial charge in [0.05, 0.1) is 0 Å². The number of alkyl carbamates (subject to hydrolysis) is 1. The SMILES string of the molecule is O=C(NC[C@H]1CCC[C@H]1C(=O)NC(CC(F)F)C(=O)O)OCC1c2ccccc2-c2ccccc21. The van der Waals surface area contributed by atoms with Gasteiger partial charge < -0.3 is 20.5 Å². The van der Waals surface area contributed by atoms with Gasteiger partial charge in [-0.25, -0.2) is 18.4 Å². The summed E-state index contributed by atoms with van der Waals surface area (Å²) in [7, 11) is 0. The van der Waals surface area contributed by atoms with Gasteiger partial charge in [0, 0.05) is 24.8 Å². The van der Waals surface area contributed by atoms with Crippen molar-refractivity contribution in [3.05, 3.63) is 59.7 Å². The van der Waals surface area contributed by atoms with Crippen LogP contribution >= 0.6 is 0 Å². The number of carboxylic acids is 1. The number of alkyl halides is 2. The zero-order chi connectivity index (χ0) is 24.9. The van der Waals surface area contributed by atoms with Gasteiger partial charge in [-0.15, -0.1) is 0 Å². The summed E-state index contributed by atoms with van der Waals surface area (Å²) >= 11 is 0. The van der Waals surface area contributed by atoms with Crippen molar-refractivity contribution in [3.63, 3.8) is 0 Å². The van der Waals surface area contributed by atoms with Gasteiger partial charge in [0.25, 0.3) is 0 Å². The van der Waals surface area contributed by atoms with Gasteiger partial charge in [-0.3, -0.25) is 4.79 Å². The summed E-state index contributed by atoms with van der Waals surface area (Å²) in [6.07, 6.45) is -2.50. The van der Waals surface area contributed by atoms with Crippen LogP contribution in [0.5, 0.6) is 0 Å². The Kier molecular flexibility index (Phi) is 7.63. The maximum atomic E-state index is 12.6. The molecule has 7 nitrogen and oxygen atoms in total. The molecule has 4 rings (SSSR count). The van der Waals surface area contributed by atoms with Crippen LogP contribution in [0.1, 0.15) is 42.7 Å². The molecule has 3 N–H and O–H groups in total. The van der Waals surface area contributed by atoms with Gasteiger partial charge in [0.2, 0.25) is 12.3 Å². The maximum absolute atomic E-state index is 12.6. The lowest BCUT2D eigenvalue weighted by molar-refractivity contribution is -0.143. The summed E-state index contributed by atoms with van der Waals surface area (Å²) in [5.74, 6) is -2.92. The van der Waals surface area contributed by atoms with Crippen molar-refractivity contribution in [1.82, 2.24) is 10.6 Å². The molecule has 0 aliphatic heterocycles. The molecule has 0 aromatic heterocycles. The number of halogens is 2. The monoisotopic (exact) mass is 486 g/mol. The first-order valence-electron chi connectivity index (χ1n) is 11.7. The first-order valence-corrected chi connectivity index (χ1v) is 11.7. The summed E-state index contributed by atoms with van der Waals surface area (Å²) in [5.41, 5.74) is 4.46. The summed E-state index contributed by atoms with van der Waals surface area (Å²) in [4.78, 5) is 36.2. The Morgan fingerprint density at radius 1 is 1.00 bits per heavy atom. The van der Waals surface area contributed by atoms with E-state index in [-0.39, 0.29) is 25.0 Å². The number of amides is 2. The highest BCUT2D eigenvalue weighted by atomic mass is 19.3. The van der Waals surface area contributed by atoms with Crippen molar-refractivity contribution in [2.75, 3.05) is 13.2 Å². The molecule has 0 bridgehead atoms. The molecule has 2 amide bonds. The third-order valence-electron chi connectivity index (χ3n) is 6.88. The van der Waals surface area contributed by atoms with E-state index in [0.29, 0.717) is 12.8 Å². The van der Waals surface area contributed by atoms with E-state index in [2.05, 4.69) is 22.8 Å². The minimum Gasteiger partial charge on any atom is -0.480 e. The molecular weight excluding hydrogens is 458 g/mol. The van der Waals surface area contributed by atoms with Gasteiger partial charge in [-0.05, 0) is 41.0 Å². The summed E-state index contributed by atoms with van der Waals surface area (Å²) in [6.45, 7) is 0.351. The summed E-state index contributed by atoms with van der Waals surface area (Å²) < 4.78 is 30.8. The van der Waals surface area contributed by atoms with E-state index in [0.717, 1.165) is 28.7 Å². The number of aliphatic carboxylic acids is 1. The molecule has 2 aromatic rings. The Labute approximate surface area is 201 Å². The van der Waals surface area contributed by atoms with Crippen molar-refractivity contribution >= 4 is 18.0 Å². The van der Waals surface area contributed by atoms with E-state index in [4.69, 9.17) is 9.84 Å². The average molecular weight is 487 g/mol. The van der Waals surface area contributed by atoms with Crippen molar-refractivity contribution < 1.29 is 33.0 Å². The number of carbonyl (C=O) groups excluding carboxylic acids is 2. The van der Waals surface area contributed by atoms with Crippen molar-refractivity contribution in [1.29, 1.82) is 0 Å². The lowest BCUT2D eigenvalue weighted by Crippen LogP contribution is -2.46.